The second kappa shape index (κ2) is 16.9. The first-order chi connectivity index (χ1) is 10.4. The van der Waals surface area contributed by atoms with Crippen LogP contribution in [0.2, 0.25) is 0 Å². The molecule has 0 aliphatic heterocycles. The molecule has 0 aliphatic rings. The van der Waals surface area contributed by atoms with Gasteiger partial charge >= 0.3 is 51.4 Å². The fourth-order valence-corrected chi connectivity index (χ4v) is 3.67. The van der Waals surface area contributed by atoms with Crippen molar-refractivity contribution in [3.8, 4) is 0 Å². The Bertz CT molecular complexity index is 347. The number of unbranched alkanes of at least 4 members (excludes halogenated alkanes) is 7. The summed E-state index contributed by atoms with van der Waals surface area (Å²) in [6, 6.07) is 0. The molecule has 134 valence electrons. The Morgan fingerprint density at radius 3 is 1.78 bits per heavy atom. The normalized spacial score (nSPS) is 14.3. The molecule has 0 fully saturated rings. The van der Waals surface area contributed by atoms with Gasteiger partial charge in [-0.3, -0.25) is 0 Å². The molecule has 0 amide bonds. The summed E-state index contributed by atoms with van der Waals surface area (Å²) >= 11 is 0. The van der Waals surface area contributed by atoms with E-state index in [0.29, 0.717) is 25.7 Å². The molecular formula is C17H35KO4S. The van der Waals surface area contributed by atoms with Crippen LogP contribution < -0.4 is 51.4 Å². The molecule has 0 saturated heterocycles. The number of rotatable bonds is 15. The van der Waals surface area contributed by atoms with Crippen molar-refractivity contribution in [3.63, 3.8) is 0 Å². The first-order valence-electron chi connectivity index (χ1n) is 9.04. The molecule has 0 saturated carbocycles. The third-order valence-electron chi connectivity index (χ3n) is 4.23. The van der Waals surface area contributed by atoms with E-state index in [1.54, 1.807) is 0 Å². The second-order valence-electron chi connectivity index (χ2n) is 6.40. The zero-order valence-electron chi connectivity index (χ0n) is 15.4. The van der Waals surface area contributed by atoms with Gasteiger partial charge in [0.25, 0.3) is 0 Å². The van der Waals surface area contributed by atoms with E-state index in [-0.39, 0.29) is 51.4 Å². The summed E-state index contributed by atoms with van der Waals surface area (Å²) in [5, 5.41) is 8.86. The summed E-state index contributed by atoms with van der Waals surface area (Å²) in [6.45, 7) is 4.17. The summed E-state index contributed by atoms with van der Waals surface area (Å²) in [6.07, 6.45) is 11.4. The van der Waals surface area contributed by atoms with Gasteiger partial charge in [-0.15, -0.1) is 0 Å². The van der Waals surface area contributed by atoms with E-state index in [2.05, 4.69) is 6.92 Å². The van der Waals surface area contributed by atoms with Crippen molar-refractivity contribution in [2.24, 2.45) is 0 Å². The summed E-state index contributed by atoms with van der Waals surface area (Å²) in [5.41, 5.74) is 0. The molecule has 0 radical (unpaired) electrons. The molecule has 23 heavy (non-hydrogen) atoms. The number of aliphatic hydroxyl groups excluding tert-OH is 1. The fraction of sp³-hybridized carbons (Fsp3) is 1.00. The molecule has 0 rings (SSSR count). The van der Waals surface area contributed by atoms with E-state index >= 15 is 0 Å². The predicted octanol–water partition coefficient (Wildman–Crippen LogP) is 1.38. The molecule has 0 aromatic rings. The minimum Gasteiger partial charge on any atom is -0.748 e. The van der Waals surface area contributed by atoms with Gasteiger partial charge in [-0.25, -0.2) is 8.42 Å². The largest absolute Gasteiger partial charge is 1.00 e. The average molecular weight is 375 g/mol. The summed E-state index contributed by atoms with van der Waals surface area (Å²) in [7, 11) is -4.24. The van der Waals surface area contributed by atoms with Crippen LogP contribution in [0.25, 0.3) is 0 Å². The Balaban J connectivity index is 0. The Morgan fingerprint density at radius 1 is 0.783 bits per heavy atom. The standard InChI is InChI=1S/C17H36O4S.K/c1-3-5-6-7-8-9-10-11-13-17(22(19,20)21)15-14-16(18)12-4-2;/h16-18H,3-15H2,1-2H3,(H,19,20,21);/q;+1/p-1. The minimum atomic E-state index is -4.24. The average Bonchev–Trinajstić information content (AvgIpc) is 2.43. The van der Waals surface area contributed by atoms with E-state index in [9.17, 15) is 18.1 Å². The van der Waals surface area contributed by atoms with Gasteiger partial charge < -0.3 is 9.66 Å². The number of aliphatic hydroxyl groups is 1. The molecule has 0 aromatic carbocycles. The van der Waals surface area contributed by atoms with Crippen LogP contribution in [0.15, 0.2) is 0 Å². The molecule has 2 unspecified atom stereocenters. The first-order valence-corrected chi connectivity index (χ1v) is 10.5. The van der Waals surface area contributed by atoms with Crippen LogP contribution in [-0.4, -0.2) is 29.4 Å². The van der Waals surface area contributed by atoms with Crippen LogP contribution in [-0.2, 0) is 10.1 Å². The van der Waals surface area contributed by atoms with Crippen molar-refractivity contribution in [1.29, 1.82) is 0 Å². The Hall–Kier alpha value is 1.51. The van der Waals surface area contributed by atoms with Gasteiger partial charge in [-0.05, 0) is 25.7 Å². The first kappa shape index (κ1) is 26.7. The van der Waals surface area contributed by atoms with Crippen molar-refractivity contribution in [1.82, 2.24) is 0 Å². The van der Waals surface area contributed by atoms with Gasteiger partial charge in [0.2, 0.25) is 0 Å². The van der Waals surface area contributed by atoms with Gasteiger partial charge in [0.05, 0.1) is 16.2 Å². The van der Waals surface area contributed by atoms with E-state index in [0.717, 1.165) is 25.7 Å². The van der Waals surface area contributed by atoms with Gasteiger partial charge in [0.15, 0.2) is 0 Å². The molecule has 0 aliphatic carbocycles. The number of hydrogen-bond donors (Lipinski definition) is 1. The zero-order valence-corrected chi connectivity index (χ0v) is 19.4. The third-order valence-corrected chi connectivity index (χ3v) is 5.52. The maximum Gasteiger partial charge on any atom is 1.00 e. The Morgan fingerprint density at radius 2 is 1.30 bits per heavy atom. The quantitative estimate of drug-likeness (QED) is 0.267. The van der Waals surface area contributed by atoms with Crippen molar-refractivity contribution in [2.75, 3.05) is 0 Å². The molecule has 1 N–H and O–H groups in total. The van der Waals surface area contributed by atoms with Crippen LogP contribution >= 0.6 is 0 Å². The maximum atomic E-state index is 11.3. The summed E-state index contributed by atoms with van der Waals surface area (Å²) in [4.78, 5) is 0. The maximum absolute atomic E-state index is 11.3. The molecule has 0 heterocycles. The molecule has 6 heteroatoms. The van der Waals surface area contributed by atoms with Crippen molar-refractivity contribution < 1.29 is 69.5 Å². The van der Waals surface area contributed by atoms with Crippen LogP contribution in [0.3, 0.4) is 0 Å². The van der Waals surface area contributed by atoms with Crippen LogP contribution in [0.4, 0.5) is 0 Å². The van der Waals surface area contributed by atoms with Gasteiger partial charge in [0, 0.05) is 5.25 Å². The molecule has 0 aromatic heterocycles. The Labute approximate surface area is 186 Å². The zero-order chi connectivity index (χ0) is 16.8. The second-order valence-corrected chi connectivity index (χ2v) is 8.05. The predicted molar refractivity (Wildman–Crippen MR) is 90.9 cm³/mol. The third kappa shape index (κ3) is 16.7. The van der Waals surface area contributed by atoms with Crippen LogP contribution in [0.5, 0.6) is 0 Å². The molecule has 0 bridgehead atoms. The fourth-order valence-electron chi connectivity index (χ4n) is 2.79. The summed E-state index contributed by atoms with van der Waals surface area (Å²) in [5.74, 6) is 0. The van der Waals surface area contributed by atoms with E-state index < -0.39 is 21.5 Å². The van der Waals surface area contributed by atoms with Gasteiger partial charge in [0.1, 0.15) is 0 Å². The van der Waals surface area contributed by atoms with Crippen molar-refractivity contribution in [2.45, 2.75) is 109 Å². The number of hydrogen-bond acceptors (Lipinski definition) is 4. The van der Waals surface area contributed by atoms with Crippen molar-refractivity contribution >= 4 is 10.1 Å². The van der Waals surface area contributed by atoms with E-state index in [1.807, 2.05) is 6.92 Å². The summed E-state index contributed by atoms with van der Waals surface area (Å²) < 4.78 is 33.9. The van der Waals surface area contributed by atoms with Gasteiger partial charge in [-0.2, -0.15) is 0 Å². The van der Waals surface area contributed by atoms with E-state index in [4.69, 9.17) is 0 Å². The van der Waals surface area contributed by atoms with Crippen molar-refractivity contribution in [3.05, 3.63) is 0 Å². The van der Waals surface area contributed by atoms with Gasteiger partial charge in [-0.1, -0.05) is 71.6 Å². The molecule has 4 nitrogen and oxygen atoms in total. The SMILES string of the molecule is CCCCCCCCCCC(CCC(O)CCC)S(=O)(=O)[O-].[K+]. The molecular weight excluding hydrogens is 339 g/mol. The van der Waals surface area contributed by atoms with Crippen LogP contribution in [0, 0.1) is 0 Å². The Kier molecular flexibility index (Phi) is 19.7. The van der Waals surface area contributed by atoms with Crippen LogP contribution in [0.1, 0.15) is 97.3 Å². The minimum absolute atomic E-state index is 0. The topological polar surface area (TPSA) is 77.4 Å². The van der Waals surface area contributed by atoms with E-state index in [1.165, 1.54) is 32.1 Å². The molecule has 2 atom stereocenters. The smallest absolute Gasteiger partial charge is 0.748 e. The molecule has 0 spiro atoms. The monoisotopic (exact) mass is 374 g/mol.